The lowest BCUT2D eigenvalue weighted by atomic mass is 10.0. The Labute approximate surface area is 167 Å². The number of carbonyl (C=O) groups is 1. The second-order valence-corrected chi connectivity index (χ2v) is 9.47. The van der Waals surface area contributed by atoms with Gasteiger partial charge in [0, 0.05) is 30.8 Å². The highest BCUT2D eigenvalue weighted by Crippen LogP contribution is 2.42. The van der Waals surface area contributed by atoms with Crippen LogP contribution in [0.4, 0.5) is 4.39 Å². The molecule has 1 atom stereocenters. The Kier molecular flexibility index (Phi) is 4.45. The minimum Gasteiger partial charge on any atom is -0.378 e. The van der Waals surface area contributed by atoms with Crippen molar-refractivity contribution in [3.8, 4) is 11.3 Å². The van der Waals surface area contributed by atoms with Gasteiger partial charge in [-0.1, -0.05) is 12.1 Å². The number of amides is 1. The molecule has 1 aromatic heterocycles. The number of nitrogens with one attached hydrogen (secondary N) is 1. The first kappa shape index (κ1) is 18.7. The van der Waals surface area contributed by atoms with Gasteiger partial charge in [-0.05, 0) is 19.0 Å². The topological polar surface area (TPSA) is 93.5 Å². The van der Waals surface area contributed by atoms with Crippen molar-refractivity contribution in [1.29, 1.82) is 0 Å². The third kappa shape index (κ3) is 2.97. The maximum absolute atomic E-state index is 14.5. The van der Waals surface area contributed by atoms with Crippen molar-refractivity contribution in [3.05, 3.63) is 35.3 Å². The number of fused-ring (bicyclic) bond motifs is 3. The summed E-state index contributed by atoms with van der Waals surface area (Å²) in [4.78, 5) is 14.5. The second kappa shape index (κ2) is 6.89. The Morgan fingerprint density at radius 2 is 2.07 bits per heavy atom. The van der Waals surface area contributed by atoms with Gasteiger partial charge in [-0.15, -0.1) is 0 Å². The molecule has 1 amide bonds. The first-order chi connectivity index (χ1) is 14.0. The summed E-state index contributed by atoms with van der Waals surface area (Å²) >= 11 is 0. The van der Waals surface area contributed by atoms with Gasteiger partial charge < -0.3 is 15.0 Å². The molecule has 2 saturated heterocycles. The molecule has 0 radical (unpaired) electrons. The predicted molar refractivity (Wildman–Crippen MR) is 102 cm³/mol. The molecule has 4 heterocycles. The van der Waals surface area contributed by atoms with Gasteiger partial charge in [0.2, 0.25) is 0 Å². The Balaban J connectivity index is 1.72. The van der Waals surface area contributed by atoms with E-state index in [1.54, 1.807) is 15.6 Å². The highest BCUT2D eigenvalue weighted by atomic mass is 32.2. The number of halogens is 1. The van der Waals surface area contributed by atoms with Gasteiger partial charge in [-0.2, -0.15) is 5.10 Å². The van der Waals surface area contributed by atoms with E-state index in [1.165, 1.54) is 6.07 Å². The number of morpholine rings is 1. The van der Waals surface area contributed by atoms with Crippen LogP contribution >= 0.6 is 0 Å². The molecule has 0 unspecified atom stereocenters. The molecule has 3 aliphatic heterocycles. The van der Waals surface area contributed by atoms with E-state index in [0.29, 0.717) is 44.1 Å². The molecule has 0 aliphatic carbocycles. The van der Waals surface area contributed by atoms with Crippen molar-refractivity contribution in [2.24, 2.45) is 0 Å². The molecule has 0 saturated carbocycles. The Hall–Kier alpha value is -2.30. The van der Waals surface area contributed by atoms with Crippen LogP contribution in [0.5, 0.6) is 0 Å². The van der Waals surface area contributed by atoms with Crippen LogP contribution < -0.4 is 5.32 Å². The molecule has 5 rings (SSSR count). The molecule has 8 nitrogen and oxygen atoms in total. The Bertz CT molecular complexity index is 1090. The van der Waals surface area contributed by atoms with Crippen molar-refractivity contribution in [1.82, 2.24) is 20.0 Å². The minimum atomic E-state index is -3.92. The summed E-state index contributed by atoms with van der Waals surface area (Å²) in [6, 6.07) is 4.22. The summed E-state index contributed by atoms with van der Waals surface area (Å²) < 4.78 is 47.4. The quantitative estimate of drug-likeness (QED) is 0.779. The fourth-order valence-corrected chi connectivity index (χ4v) is 6.03. The normalized spacial score (nSPS) is 22.9. The fraction of sp³-hybridized carbons (Fsp3) is 0.474. The molecular weight excluding hydrogens is 399 g/mol. The largest absolute Gasteiger partial charge is 0.378 e. The summed E-state index contributed by atoms with van der Waals surface area (Å²) in [6.45, 7) is 3.21. The first-order valence-electron chi connectivity index (χ1n) is 9.68. The van der Waals surface area contributed by atoms with Crippen molar-refractivity contribution in [2.75, 3.05) is 39.4 Å². The molecule has 0 bridgehead atoms. The SMILES string of the molecule is O=C(c1nn([C@H]2CCNC2)c2c1CS(=O)(=O)c1c(F)cccc1-2)N1CCOCC1. The highest BCUT2D eigenvalue weighted by molar-refractivity contribution is 7.91. The molecule has 1 aromatic carbocycles. The van der Waals surface area contributed by atoms with Crippen LogP contribution in [0.1, 0.15) is 28.5 Å². The average molecular weight is 420 g/mol. The van der Waals surface area contributed by atoms with E-state index >= 15 is 0 Å². The first-order valence-corrected chi connectivity index (χ1v) is 11.3. The van der Waals surface area contributed by atoms with Crippen LogP contribution in [-0.4, -0.2) is 68.4 Å². The molecule has 154 valence electrons. The number of benzene rings is 1. The summed E-state index contributed by atoms with van der Waals surface area (Å²) in [5.41, 5.74) is 1.34. The van der Waals surface area contributed by atoms with Crippen molar-refractivity contribution >= 4 is 15.7 Å². The van der Waals surface area contributed by atoms with Crippen LogP contribution in [0.25, 0.3) is 11.3 Å². The van der Waals surface area contributed by atoms with Gasteiger partial charge in [-0.3, -0.25) is 9.48 Å². The van der Waals surface area contributed by atoms with Crippen LogP contribution in [0, 0.1) is 5.82 Å². The zero-order chi connectivity index (χ0) is 20.2. The van der Waals surface area contributed by atoms with Crippen LogP contribution in [-0.2, 0) is 20.3 Å². The lowest BCUT2D eigenvalue weighted by Gasteiger charge is -2.26. The van der Waals surface area contributed by atoms with E-state index in [2.05, 4.69) is 10.4 Å². The molecule has 0 spiro atoms. The van der Waals surface area contributed by atoms with Gasteiger partial charge >= 0.3 is 0 Å². The fourth-order valence-electron chi connectivity index (χ4n) is 4.37. The number of sulfone groups is 1. The van der Waals surface area contributed by atoms with E-state index in [4.69, 9.17) is 4.74 Å². The number of aromatic nitrogens is 2. The predicted octanol–water partition coefficient (Wildman–Crippen LogP) is 0.983. The number of rotatable bonds is 2. The number of ether oxygens (including phenoxy) is 1. The number of nitrogens with zero attached hydrogens (tertiary/aromatic N) is 3. The van der Waals surface area contributed by atoms with E-state index in [0.717, 1.165) is 19.0 Å². The number of hydrogen-bond acceptors (Lipinski definition) is 6. The highest BCUT2D eigenvalue weighted by Gasteiger charge is 2.40. The van der Waals surface area contributed by atoms with Gasteiger partial charge in [0.05, 0.1) is 30.7 Å². The Morgan fingerprint density at radius 3 is 2.79 bits per heavy atom. The van der Waals surface area contributed by atoms with E-state index < -0.39 is 21.4 Å². The molecule has 29 heavy (non-hydrogen) atoms. The lowest BCUT2D eigenvalue weighted by molar-refractivity contribution is 0.0297. The van der Waals surface area contributed by atoms with Gasteiger partial charge in [-0.25, -0.2) is 12.8 Å². The lowest BCUT2D eigenvalue weighted by Crippen LogP contribution is -2.41. The van der Waals surface area contributed by atoms with Gasteiger partial charge in [0.1, 0.15) is 10.7 Å². The average Bonchev–Trinajstić information content (AvgIpc) is 3.35. The standard InChI is InChI=1S/C19H21FN4O4S/c20-15-3-1-2-13-17-14(11-29(26,27)18(13)15)16(19(25)23-6-8-28-9-7-23)22-24(17)12-4-5-21-10-12/h1-3,12,21H,4-11H2/t12-/m0/s1. The van der Waals surface area contributed by atoms with Crippen molar-refractivity contribution < 1.29 is 22.3 Å². The summed E-state index contributed by atoms with van der Waals surface area (Å²) in [5.74, 6) is -1.50. The third-order valence-electron chi connectivity index (χ3n) is 5.76. The number of carbonyl (C=O) groups excluding carboxylic acids is 1. The minimum absolute atomic E-state index is 0.0214. The third-order valence-corrected chi connectivity index (χ3v) is 7.46. The Morgan fingerprint density at radius 1 is 1.28 bits per heavy atom. The molecule has 2 fully saturated rings. The smallest absolute Gasteiger partial charge is 0.274 e. The van der Waals surface area contributed by atoms with Gasteiger partial charge in [0.15, 0.2) is 15.5 Å². The van der Waals surface area contributed by atoms with Crippen molar-refractivity contribution in [3.63, 3.8) is 0 Å². The van der Waals surface area contributed by atoms with E-state index in [-0.39, 0.29) is 28.1 Å². The van der Waals surface area contributed by atoms with Crippen molar-refractivity contribution in [2.45, 2.75) is 23.1 Å². The van der Waals surface area contributed by atoms with Crippen LogP contribution in [0.2, 0.25) is 0 Å². The molecule has 10 heteroatoms. The van der Waals surface area contributed by atoms with Crippen LogP contribution in [0.15, 0.2) is 23.1 Å². The summed E-state index contributed by atoms with van der Waals surface area (Å²) in [6.07, 6.45) is 0.802. The maximum atomic E-state index is 14.5. The molecule has 1 N–H and O–H groups in total. The summed E-state index contributed by atoms with van der Waals surface area (Å²) in [7, 11) is -3.92. The van der Waals surface area contributed by atoms with Gasteiger partial charge in [0.25, 0.3) is 5.91 Å². The van der Waals surface area contributed by atoms with E-state index in [9.17, 15) is 17.6 Å². The molecule has 2 aromatic rings. The monoisotopic (exact) mass is 420 g/mol. The maximum Gasteiger partial charge on any atom is 0.274 e. The zero-order valence-corrected chi connectivity index (χ0v) is 16.5. The summed E-state index contributed by atoms with van der Waals surface area (Å²) in [5, 5.41) is 7.87. The van der Waals surface area contributed by atoms with Crippen LogP contribution in [0.3, 0.4) is 0 Å². The molecular formula is C19H21FN4O4S. The van der Waals surface area contributed by atoms with E-state index in [1.807, 2.05) is 0 Å². The second-order valence-electron chi connectivity index (χ2n) is 7.55. The number of hydrogen-bond donors (Lipinski definition) is 1. The molecule has 3 aliphatic rings. The zero-order valence-electron chi connectivity index (χ0n) is 15.7.